The Balaban J connectivity index is 1.78. The molecule has 6 heteroatoms. The van der Waals surface area contributed by atoms with Crippen LogP contribution >= 0.6 is 0 Å². The second-order valence-corrected chi connectivity index (χ2v) is 5.07. The Kier molecular flexibility index (Phi) is 3.62. The summed E-state index contributed by atoms with van der Waals surface area (Å²) in [6.45, 7) is 1.46. The fraction of sp³-hybridized carbons (Fsp3) is 0.333. The van der Waals surface area contributed by atoms with Gasteiger partial charge in [-0.15, -0.1) is 0 Å². The first-order valence-electron chi connectivity index (χ1n) is 6.79. The molecule has 0 saturated carbocycles. The molecule has 2 aromatic rings. The lowest BCUT2D eigenvalue weighted by Gasteiger charge is -2.29. The summed E-state index contributed by atoms with van der Waals surface area (Å²) in [5.74, 6) is 0.396. The Morgan fingerprint density at radius 1 is 1.52 bits per heavy atom. The van der Waals surface area contributed by atoms with E-state index < -0.39 is 0 Å². The van der Waals surface area contributed by atoms with Gasteiger partial charge in [-0.1, -0.05) is 17.3 Å². The second-order valence-electron chi connectivity index (χ2n) is 5.07. The van der Waals surface area contributed by atoms with Crippen molar-refractivity contribution in [2.24, 2.45) is 0 Å². The second kappa shape index (κ2) is 5.57. The molecule has 6 nitrogen and oxygen atoms in total. The van der Waals surface area contributed by atoms with Gasteiger partial charge < -0.3 is 19.9 Å². The maximum atomic E-state index is 12.5. The summed E-state index contributed by atoms with van der Waals surface area (Å²) in [5.41, 5.74) is 9.26. The molecule has 2 N–H and O–H groups in total. The number of nitrogens with two attached hydrogens (primary N) is 1. The van der Waals surface area contributed by atoms with E-state index in [1.165, 1.54) is 5.56 Å². The molecule has 0 fully saturated rings. The molecule has 0 bridgehead atoms. The van der Waals surface area contributed by atoms with E-state index in [1.807, 2.05) is 12.1 Å². The van der Waals surface area contributed by atoms with Crippen LogP contribution in [0.5, 0.6) is 0 Å². The number of hydrogen-bond acceptors (Lipinski definition) is 5. The summed E-state index contributed by atoms with van der Waals surface area (Å²) < 4.78 is 10.0. The molecule has 0 atom stereocenters. The van der Waals surface area contributed by atoms with Crippen molar-refractivity contribution in [2.75, 3.05) is 19.4 Å². The lowest BCUT2D eigenvalue weighted by Crippen LogP contribution is -2.36. The molecular weight excluding hydrogens is 270 g/mol. The summed E-state index contributed by atoms with van der Waals surface area (Å²) in [7, 11) is 1.56. The highest BCUT2D eigenvalue weighted by Gasteiger charge is 2.25. The zero-order valence-corrected chi connectivity index (χ0v) is 11.8. The SMILES string of the molecule is COCc1cc(C(=O)N2CCc3cccc(N)c3C2)no1. The molecule has 1 aromatic heterocycles. The fourth-order valence-electron chi connectivity index (χ4n) is 2.57. The minimum atomic E-state index is -0.144. The predicted molar refractivity (Wildman–Crippen MR) is 76.5 cm³/mol. The Morgan fingerprint density at radius 2 is 2.38 bits per heavy atom. The van der Waals surface area contributed by atoms with Crippen LogP contribution in [-0.2, 0) is 24.3 Å². The first kappa shape index (κ1) is 13.6. The summed E-state index contributed by atoms with van der Waals surface area (Å²) in [5, 5.41) is 3.81. The van der Waals surface area contributed by atoms with Gasteiger partial charge in [-0.25, -0.2) is 0 Å². The van der Waals surface area contributed by atoms with Crippen molar-refractivity contribution >= 4 is 11.6 Å². The van der Waals surface area contributed by atoms with Crippen LogP contribution in [-0.4, -0.2) is 29.6 Å². The van der Waals surface area contributed by atoms with Gasteiger partial charge in [0.15, 0.2) is 11.5 Å². The molecule has 21 heavy (non-hydrogen) atoms. The monoisotopic (exact) mass is 287 g/mol. The molecule has 1 aromatic carbocycles. The number of ether oxygens (including phenoxy) is 1. The third-order valence-electron chi connectivity index (χ3n) is 3.66. The van der Waals surface area contributed by atoms with E-state index in [0.29, 0.717) is 31.2 Å². The number of aromatic nitrogens is 1. The zero-order valence-electron chi connectivity index (χ0n) is 11.8. The van der Waals surface area contributed by atoms with E-state index >= 15 is 0 Å². The summed E-state index contributed by atoms with van der Waals surface area (Å²) in [4.78, 5) is 14.2. The molecule has 0 aliphatic carbocycles. The van der Waals surface area contributed by atoms with Gasteiger partial charge in [-0.3, -0.25) is 4.79 Å². The minimum Gasteiger partial charge on any atom is -0.398 e. The van der Waals surface area contributed by atoms with Crippen molar-refractivity contribution in [3.63, 3.8) is 0 Å². The Hall–Kier alpha value is -2.34. The molecule has 2 heterocycles. The van der Waals surface area contributed by atoms with Gasteiger partial charge in [0.25, 0.3) is 5.91 Å². The number of nitrogens with zero attached hydrogens (tertiary/aromatic N) is 2. The number of anilines is 1. The quantitative estimate of drug-likeness (QED) is 0.867. The van der Waals surface area contributed by atoms with E-state index in [9.17, 15) is 4.79 Å². The van der Waals surface area contributed by atoms with Gasteiger partial charge in [-0.05, 0) is 23.6 Å². The van der Waals surface area contributed by atoms with Crippen LogP contribution in [0.4, 0.5) is 5.69 Å². The first-order valence-corrected chi connectivity index (χ1v) is 6.79. The van der Waals surface area contributed by atoms with E-state index in [-0.39, 0.29) is 5.91 Å². The molecule has 3 rings (SSSR count). The van der Waals surface area contributed by atoms with E-state index in [2.05, 4.69) is 11.2 Å². The number of carbonyl (C=O) groups is 1. The highest BCUT2D eigenvalue weighted by Crippen LogP contribution is 2.25. The number of rotatable bonds is 3. The van der Waals surface area contributed by atoms with Crippen LogP contribution in [0.2, 0.25) is 0 Å². The largest absolute Gasteiger partial charge is 0.398 e. The van der Waals surface area contributed by atoms with Crippen LogP contribution in [0, 0.1) is 0 Å². The average molecular weight is 287 g/mol. The minimum absolute atomic E-state index is 0.144. The molecule has 0 spiro atoms. The first-order chi connectivity index (χ1) is 10.2. The van der Waals surface area contributed by atoms with E-state index in [4.69, 9.17) is 15.0 Å². The number of hydrogen-bond donors (Lipinski definition) is 1. The van der Waals surface area contributed by atoms with Gasteiger partial charge in [0.05, 0.1) is 0 Å². The van der Waals surface area contributed by atoms with Crippen LogP contribution in [0.15, 0.2) is 28.8 Å². The van der Waals surface area contributed by atoms with Crippen LogP contribution in [0.1, 0.15) is 27.4 Å². The van der Waals surface area contributed by atoms with E-state index in [1.54, 1.807) is 18.1 Å². The molecule has 0 unspecified atom stereocenters. The predicted octanol–water partition coefficient (Wildman–Crippen LogP) is 1.60. The third-order valence-corrected chi connectivity index (χ3v) is 3.66. The van der Waals surface area contributed by atoms with Crippen LogP contribution in [0.25, 0.3) is 0 Å². The van der Waals surface area contributed by atoms with Crippen molar-refractivity contribution < 1.29 is 14.1 Å². The number of amides is 1. The van der Waals surface area contributed by atoms with Crippen LogP contribution < -0.4 is 5.73 Å². The normalized spacial score (nSPS) is 14.0. The Labute approximate surface area is 122 Å². The topological polar surface area (TPSA) is 81.6 Å². The van der Waals surface area contributed by atoms with Crippen molar-refractivity contribution in [1.29, 1.82) is 0 Å². The Bertz CT molecular complexity index is 666. The maximum absolute atomic E-state index is 12.5. The Morgan fingerprint density at radius 3 is 3.19 bits per heavy atom. The number of carbonyl (C=O) groups excluding carboxylic acids is 1. The standard InChI is InChI=1S/C15H17N3O3/c1-20-9-11-7-14(17-21-11)15(19)18-6-5-10-3-2-4-13(16)12(10)8-18/h2-4,7H,5-6,8-9,16H2,1H3. The van der Waals surface area contributed by atoms with Gasteiger partial charge in [0.2, 0.25) is 0 Å². The highest BCUT2D eigenvalue weighted by atomic mass is 16.5. The molecule has 110 valence electrons. The number of nitrogen functional groups attached to an aromatic ring is 1. The molecular formula is C15H17N3O3. The number of benzene rings is 1. The van der Waals surface area contributed by atoms with Gasteiger partial charge >= 0.3 is 0 Å². The van der Waals surface area contributed by atoms with Gasteiger partial charge in [-0.2, -0.15) is 0 Å². The fourth-order valence-corrected chi connectivity index (χ4v) is 2.57. The lowest BCUT2D eigenvalue weighted by atomic mass is 9.98. The molecule has 1 amide bonds. The average Bonchev–Trinajstić information content (AvgIpc) is 2.96. The summed E-state index contributed by atoms with van der Waals surface area (Å²) >= 11 is 0. The molecule has 0 saturated heterocycles. The zero-order chi connectivity index (χ0) is 14.8. The number of methoxy groups -OCH3 is 1. The lowest BCUT2D eigenvalue weighted by molar-refractivity contribution is 0.0724. The highest BCUT2D eigenvalue weighted by molar-refractivity contribution is 5.92. The van der Waals surface area contributed by atoms with Crippen molar-refractivity contribution in [1.82, 2.24) is 10.1 Å². The van der Waals surface area contributed by atoms with Crippen molar-refractivity contribution in [3.8, 4) is 0 Å². The van der Waals surface area contributed by atoms with Crippen molar-refractivity contribution in [3.05, 3.63) is 46.8 Å². The van der Waals surface area contributed by atoms with Gasteiger partial charge in [0, 0.05) is 32.0 Å². The third kappa shape index (κ3) is 2.62. The smallest absolute Gasteiger partial charge is 0.276 e. The summed E-state index contributed by atoms with van der Waals surface area (Å²) in [6.07, 6.45) is 0.800. The van der Waals surface area contributed by atoms with Crippen molar-refractivity contribution in [2.45, 2.75) is 19.6 Å². The summed E-state index contributed by atoms with van der Waals surface area (Å²) in [6, 6.07) is 7.48. The molecule has 0 radical (unpaired) electrons. The maximum Gasteiger partial charge on any atom is 0.276 e. The molecule has 1 aliphatic heterocycles. The number of fused-ring (bicyclic) bond motifs is 1. The molecule has 1 aliphatic rings. The van der Waals surface area contributed by atoms with Crippen LogP contribution in [0.3, 0.4) is 0 Å². The van der Waals surface area contributed by atoms with E-state index in [0.717, 1.165) is 17.7 Å². The van der Waals surface area contributed by atoms with Gasteiger partial charge in [0.1, 0.15) is 6.61 Å².